The second kappa shape index (κ2) is 10.7. The minimum absolute atomic E-state index is 0.111. The van der Waals surface area contributed by atoms with Crippen LogP contribution in [0.15, 0.2) is 53.5 Å². The Morgan fingerprint density at radius 1 is 1.17 bits per heavy atom. The number of benzene rings is 2. The van der Waals surface area contributed by atoms with Gasteiger partial charge in [-0.2, -0.15) is 0 Å². The van der Waals surface area contributed by atoms with Gasteiger partial charge in [0, 0.05) is 17.8 Å². The van der Waals surface area contributed by atoms with Crippen LogP contribution in [-0.2, 0) is 21.4 Å². The largest absolute Gasteiger partial charge is 0.386 e. The summed E-state index contributed by atoms with van der Waals surface area (Å²) in [5, 5.41) is 2.95. The number of hydrogen-bond acceptors (Lipinski definition) is 6. The zero-order valence-electron chi connectivity index (χ0n) is 21.4. The summed E-state index contributed by atoms with van der Waals surface area (Å²) >= 11 is 0. The maximum atomic E-state index is 13.1. The van der Waals surface area contributed by atoms with Crippen molar-refractivity contribution in [1.82, 2.24) is 10.2 Å². The number of amidine groups is 1. The van der Waals surface area contributed by atoms with Crippen LogP contribution < -0.4 is 15.8 Å². The molecular formula is C26H35N5O4S. The quantitative estimate of drug-likeness (QED) is 0.499. The summed E-state index contributed by atoms with van der Waals surface area (Å²) in [7, 11) is -3.59. The van der Waals surface area contributed by atoms with Gasteiger partial charge in [-0.15, -0.1) is 0 Å². The highest BCUT2D eigenvalue weighted by Crippen LogP contribution is 2.29. The highest BCUT2D eigenvalue weighted by molar-refractivity contribution is 7.92. The maximum Gasteiger partial charge on any atom is 0.251 e. The Morgan fingerprint density at radius 2 is 1.83 bits per heavy atom. The lowest BCUT2D eigenvalue weighted by atomic mass is 9.85. The molecule has 0 bridgehead atoms. The molecule has 2 aromatic rings. The minimum atomic E-state index is -3.59. The molecule has 2 unspecified atom stereocenters. The van der Waals surface area contributed by atoms with E-state index in [1.54, 1.807) is 17.0 Å². The summed E-state index contributed by atoms with van der Waals surface area (Å²) in [4.78, 5) is 32.4. The van der Waals surface area contributed by atoms with E-state index in [0.717, 1.165) is 11.8 Å². The molecule has 2 atom stereocenters. The fourth-order valence-electron chi connectivity index (χ4n) is 4.09. The van der Waals surface area contributed by atoms with E-state index in [2.05, 4.69) is 15.0 Å². The highest BCUT2D eigenvalue weighted by Gasteiger charge is 2.35. The second-order valence-electron chi connectivity index (χ2n) is 9.94. The molecule has 4 N–H and O–H groups in total. The third-order valence-corrected chi connectivity index (χ3v) is 7.04. The Hall–Kier alpha value is -3.40. The lowest BCUT2D eigenvalue weighted by Crippen LogP contribution is -2.37. The number of aliphatic imine (C=N–C) groups is 1. The summed E-state index contributed by atoms with van der Waals surface area (Å²) in [6.45, 7) is 8.09. The average molecular weight is 514 g/mol. The van der Waals surface area contributed by atoms with Crippen molar-refractivity contribution in [2.24, 2.45) is 16.6 Å². The van der Waals surface area contributed by atoms with Gasteiger partial charge in [0.25, 0.3) is 5.91 Å². The van der Waals surface area contributed by atoms with E-state index in [1.807, 2.05) is 58.0 Å². The fraction of sp³-hybridized carbons (Fsp3) is 0.423. The first-order chi connectivity index (χ1) is 16.8. The van der Waals surface area contributed by atoms with E-state index < -0.39 is 15.6 Å². The normalized spacial score (nSPS) is 19.4. The summed E-state index contributed by atoms with van der Waals surface area (Å²) < 4.78 is 26.3. The van der Waals surface area contributed by atoms with Gasteiger partial charge in [0.1, 0.15) is 5.84 Å². The Bertz CT molecular complexity index is 1260. The first-order valence-electron chi connectivity index (χ1n) is 11.9. The van der Waals surface area contributed by atoms with Crippen LogP contribution in [0.2, 0.25) is 0 Å². The standard InChI is InChI=1S/C26H35N5O4S/c1-17(2)26(4)14-24(32)31(16-23(27)29-26)15-19-11-21(13-22(12-19)30-36(5,34)35)25(33)28-18(3)20-9-7-6-8-10-20/h6-13,17-18,30H,14-16H2,1-5H3,(H2,27,29)(H,28,33). The third-order valence-electron chi connectivity index (χ3n) is 6.44. The molecule has 1 aliphatic heterocycles. The number of nitrogens with one attached hydrogen (secondary N) is 2. The van der Waals surface area contributed by atoms with Crippen molar-refractivity contribution >= 4 is 33.4 Å². The Morgan fingerprint density at radius 3 is 2.44 bits per heavy atom. The molecule has 0 fully saturated rings. The molecule has 36 heavy (non-hydrogen) atoms. The van der Waals surface area contributed by atoms with Crippen molar-refractivity contribution in [3.05, 3.63) is 65.2 Å². The molecule has 0 saturated carbocycles. The first-order valence-corrected chi connectivity index (χ1v) is 13.7. The van der Waals surface area contributed by atoms with Crippen LogP contribution in [0.25, 0.3) is 0 Å². The number of sulfonamides is 1. The van der Waals surface area contributed by atoms with Gasteiger partial charge in [-0.25, -0.2) is 8.42 Å². The van der Waals surface area contributed by atoms with Crippen molar-refractivity contribution in [1.29, 1.82) is 0 Å². The predicted octanol–water partition coefficient (Wildman–Crippen LogP) is 3.05. The first kappa shape index (κ1) is 27.2. The van der Waals surface area contributed by atoms with Gasteiger partial charge in [0.15, 0.2) is 0 Å². The van der Waals surface area contributed by atoms with Crippen LogP contribution in [0.3, 0.4) is 0 Å². The molecule has 2 aromatic carbocycles. The average Bonchev–Trinajstić information content (AvgIpc) is 2.88. The summed E-state index contributed by atoms with van der Waals surface area (Å²) in [6.07, 6.45) is 1.24. The SMILES string of the molecule is CC(NC(=O)c1cc(CN2CC(N)=NC(C)(C(C)C)CC2=O)cc(NS(C)(=O)=O)c1)c1ccccc1. The van der Waals surface area contributed by atoms with E-state index in [-0.39, 0.29) is 54.5 Å². The summed E-state index contributed by atoms with van der Waals surface area (Å²) in [5.41, 5.74) is 7.60. The van der Waals surface area contributed by atoms with Gasteiger partial charge >= 0.3 is 0 Å². The molecule has 9 nitrogen and oxygen atoms in total. The van der Waals surface area contributed by atoms with Gasteiger partial charge in [-0.05, 0) is 49.1 Å². The fourth-order valence-corrected chi connectivity index (χ4v) is 4.64. The maximum absolute atomic E-state index is 13.1. The number of nitrogens with two attached hydrogens (primary N) is 1. The molecule has 2 amide bonds. The number of anilines is 1. The van der Waals surface area contributed by atoms with Crippen molar-refractivity contribution in [2.75, 3.05) is 17.5 Å². The number of carbonyl (C=O) groups excluding carboxylic acids is 2. The van der Waals surface area contributed by atoms with E-state index >= 15 is 0 Å². The van der Waals surface area contributed by atoms with Crippen molar-refractivity contribution in [3.8, 4) is 0 Å². The van der Waals surface area contributed by atoms with E-state index in [9.17, 15) is 18.0 Å². The molecule has 0 radical (unpaired) electrons. The second-order valence-corrected chi connectivity index (χ2v) is 11.7. The van der Waals surface area contributed by atoms with Gasteiger partial charge in [0.05, 0.1) is 30.8 Å². The predicted molar refractivity (Wildman–Crippen MR) is 142 cm³/mol. The number of amides is 2. The van der Waals surface area contributed by atoms with Gasteiger partial charge < -0.3 is 16.0 Å². The minimum Gasteiger partial charge on any atom is -0.386 e. The highest BCUT2D eigenvalue weighted by atomic mass is 32.2. The van der Waals surface area contributed by atoms with Crippen LogP contribution in [0.1, 0.15) is 61.6 Å². The Labute approximate surface area is 213 Å². The van der Waals surface area contributed by atoms with E-state index in [0.29, 0.717) is 11.4 Å². The van der Waals surface area contributed by atoms with Crippen LogP contribution in [0.4, 0.5) is 5.69 Å². The molecule has 0 aliphatic carbocycles. The molecule has 10 heteroatoms. The van der Waals surface area contributed by atoms with Crippen molar-refractivity contribution in [2.45, 2.75) is 52.2 Å². The number of hydrogen-bond donors (Lipinski definition) is 3. The monoisotopic (exact) mass is 513 g/mol. The number of rotatable bonds is 8. The van der Waals surface area contributed by atoms with Crippen molar-refractivity contribution in [3.63, 3.8) is 0 Å². The third kappa shape index (κ3) is 7.07. The molecule has 1 aliphatic rings. The van der Waals surface area contributed by atoms with Crippen LogP contribution in [0.5, 0.6) is 0 Å². The van der Waals surface area contributed by atoms with Gasteiger partial charge in [-0.1, -0.05) is 44.2 Å². The van der Waals surface area contributed by atoms with Gasteiger partial charge in [0.2, 0.25) is 15.9 Å². The molecule has 3 rings (SSSR count). The number of carbonyl (C=O) groups is 2. The topological polar surface area (TPSA) is 134 Å². The Kier molecular flexibility index (Phi) is 8.08. The summed E-state index contributed by atoms with van der Waals surface area (Å²) in [6, 6.07) is 14.0. The van der Waals surface area contributed by atoms with E-state index in [1.165, 1.54) is 6.07 Å². The molecule has 0 spiro atoms. The molecule has 0 aromatic heterocycles. The smallest absolute Gasteiger partial charge is 0.251 e. The van der Waals surface area contributed by atoms with E-state index in [4.69, 9.17) is 5.73 Å². The molecular weight excluding hydrogens is 478 g/mol. The Balaban J connectivity index is 1.89. The van der Waals surface area contributed by atoms with Crippen LogP contribution in [-0.4, -0.2) is 49.3 Å². The lowest BCUT2D eigenvalue weighted by Gasteiger charge is -2.28. The molecule has 1 heterocycles. The zero-order valence-corrected chi connectivity index (χ0v) is 22.2. The summed E-state index contributed by atoms with van der Waals surface area (Å²) in [5.74, 6) is 0.00208. The van der Waals surface area contributed by atoms with Crippen LogP contribution >= 0.6 is 0 Å². The number of nitrogens with zero attached hydrogens (tertiary/aromatic N) is 2. The lowest BCUT2D eigenvalue weighted by molar-refractivity contribution is -0.132. The molecule has 0 saturated heterocycles. The van der Waals surface area contributed by atoms with Gasteiger partial charge in [-0.3, -0.25) is 19.3 Å². The van der Waals surface area contributed by atoms with Crippen LogP contribution in [0, 0.1) is 5.92 Å². The molecule has 194 valence electrons. The van der Waals surface area contributed by atoms with Crippen molar-refractivity contribution < 1.29 is 18.0 Å². The zero-order chi connectivity index (χ0) is 26.7.